The Kier molecular flexibility index (Phi) is 11.2. The molecule has 7 rings (SSSR count). The van der Waals surface area contributed by atoms with Crippen molar-refractivity contribution in [3.63, 3.8) is 0 Å². The molecule has 0 spiro atoms. The minimum absolute atomic E-state index is 0.00992. The second kappa shape index (κ2) is 16.2. The molecule has 1 fully saturated rings. The van der Waals surface area contributed by atoms with Crippen molar-refractivity contribution in [3.8, 4) is 11.3 Å². The lowest BCUT2D eigenvalue weighted by atomic mass is 9.89. The molecular weight excluding hydrogens is 699 g/mol. The van der Waals surface area contributed by atoms with Crippen LogP contribution in [0.1, 0.15) is 83.4 Å². The van der Waals surface area contributed by atoms with Gasteiger partial charge in [0.2, 0.25) is 5.91 Å². The molecule has 0 aliphatic carbocycles. The lowest BCUT2D eigenvalue weighted by molar-refractivity contribution is -0.139. The number of fused-ring (bicyclic) bond motifs is 6. The highest BCUT2D eigenvalue weighted by atomic mass is 16.6. The molecule has 15 heteroatoms. The number of nitrogens with one attached hydrogen (secondary N) is 4. The van der Waals surface area contributed by atoms with Crippen molar-refractivity contribution in [3.05, 3.63) is 54.5 Å². The average Bonchev–Trinajstić information content (AvgIpc) is 3.96. The number of benzene rings is 1. The Hall–Kier alpha value is -5.25. The number of hydroxylamine groups is 1. The maximum atomic E-state index is 13.6. The Bertz CT molecular complexity index is 2320. The van der Waals surface area contributed by atoms with E-state index in [1.54, 1.807) is 6.20 Å². The van der Waals surface area contributed by atoms with Gasteiger partial charge in [-0.1, -0.05) is 33.8 Å². The molecule has 55 heavy (non-hydrogen) atoms. The second-order valence-corrected chi connectivity index (χ2v) is 15.2. The number of pyridine rings is 3. The van der Waals surface area contributed by atoms with E-state index in [0.29, 0.717) is 25.2 Å². The van der Waals surface area contributed by atoms with Gasteiger partial charge >= 0.3 is 6.09 Å². The van der Waals surface area contributed by atoms with Crippen LogP contribution in [-0.2, 0) is 14.4 Å². The molecule has 290 valence electrons. The first kappa shape index (κ1) is 38.0. The lowest BCUT2D eigenvalue weighted by Gasteiger charge is -2.29. The fourth-order valence-corrected chi connectivity index (χ4v) is 7.77. The van der Waals surface area contributed by atoms with Crippen molar-refractivity contribution in [1.82, 2.24) is 50.6 Å². The van der Waals surface area contributed by atoms with Gasteiger partial charge in [-0.2, -0.15) is 5.48 Å². The molecule has 1 aromatic carbocycles. The largest absolute Gasteiger partial charge is 0.453 e. The number of methoxy groups -OCH3 is 1. The maximum absolute atomic E-state index is 13.6. The fourth-order valence-electron chi connectivity index (χ4n) is 7.77. The molecular formula is C40H51N11O4. The highest BCUT2D eigenvalue weighted by Gasteiger charge is 2.37. The minimum atomic E-state index is -0.446. The third-order valence-corrected chi connectivity index (χ3v) is 10.9. The van der Waals surface area contributed by atoms with Crippen LogP contribution >= 0.6 is 0 Å². The van der Waals surface area contributed by atoms with E-state index in [-0.39, 0.29) is 35.7 Å². The number of ether oxygens (including phenoxy) is 1. The predicted molar refractivity (Wildman–Crippen MR) is 212 cm³/mol. The van der Waals surface area contributed by atoms with Gasteiger partial charge in [-0.25, -0.2) is 19.7 Å². The van der Waals surface area contributed by atoms with Crippen molar-refractivity contribution in [2.45, 2.75) is 83.8 Å². The number of H-pyrrole nitrogens is 2. The first-order chi connectivity index (χ1) is 26.6. The fraction of sp³-hybridized carbons (Fsp3) is 0.475. The minimum Gasteiger partial charge on any atom is -0.453 e. The van der Waals surface area contributed by atoms with Crippen molar-refractivity contribution in [1.29, 1.82) is 0 Å². The molecule has 0 radical (unpaired) electrons. The Morgan fingerprint density at radius 3 is 2.55 bits per heavy atom. The topological polar surface area (TPSA) is 202 Å². The van der Waals surface area contributed by atoms with Crippen LogP contribution in [0.2, 0.25) is 0 Å². The van der Waals surface area contributed by atoms with E-state index in [1.807, 2.05) is 55.4 Å². The number of alkyl carbamates (subject to hydrolysis) is 1. The summed E-state index contributed by atoms with van der Waals surface area (Å²) in [4.78, 5) is 64.0. The lowest BCUT2D eigenvalue weighted by Crippen LogP contribution is -2.48. The first-order valence-electron chi connectivity index (χ1n) is 19.2. The highest BCUT2D eigenvalue weighted by Crippen LogP contribution is 2.35. The van der Waals surface area contributed by atoms with Crippen LogP contribution in [0.4, 0.5) is 4.79 Å². The Labute approximate surface area is 319 Å². The molecule has 15 nitrogen and oxygen atoms in total. The number of carbonyl (C=O) groups is 2. The molecule has 6 N–H and O–H groups in total. The highest BCUT2D eigenvalue weighted by molar-refractivity contribution is 6.04. The molecule has 2 amide bonds. The van der Waals surface area contributed by atoms with Crippen molar-refractivity contribution >= 4 is 55.9 Å². The maximum Gasteiger partial charge on any atom is 0.407 e. The molecule has 1 aliphatic heterocycles. The number of aromatic nitrogens is 7. The summed E-state index contributed by atoms with van der Waals surface area (Å²) in [5, 5.41) is 5.77. The number of carbonyl (C=O) groups excluding carboxylic acids is 2. The normalized spacial score (nSPS) is 16.5. The molecule has 6 heterocycles. The molecule has 1 aliphatic rings. The molecule has 6 aromatic rings. The SMILES string of the molecule is CON[C@H](C(=O)N1CCC[C@H]1c1nc2cnc3cc(-c4cc5cnc6nc(C(CCCN)C[C@@H](NC(=O)OC)C(C)C)[nH]c6c5cn4)ccc3c2[nH]1)C(C)C. The number of likely N-dealkylation sites (tertiary alicyclic amines) is 1. The van der Waals surface area contributed by atoms with E-state index >= 15 is 0 Å². The summed E-state index contributed by atoms with van der Waals surface area (Å²) in [6, 6.07) is 7.47. The molecule has 1 saturated heterocycles. The van der Waals surface area contributed by atoms with E-state index < -0.39 is 12.1 Å². The third-order valence-electron chi connectivity index (χ3n) is 10.9. The number of hydrogen-bond acceptors (Lipinski definition) is 11. The molecule has 1 unspecified atom stereocenters. The van der Waals surface area contributed by atoms with Gasteiger partial charge in [0, 0.05) is 52.6 Å². The van der Waals surface area contributed by atoms with Gasteiger partial charge in [0.15, 0.2) is 5.65 Å². The first-order valence-corrected chi connectivity index (χ1v) is 19.2. The van der Waals surface area contributed by atoms with E-state index in [0.717, 1.165) is 86.8 Å². The summed E-state index contributed by atoms with van der Waals surface area (Å²) >= 11 is 0. The van der Waals surface area contributed by atoms with Crippen LogP contribution in [0.15, 0.2) is 42.9 Å². The summed E-state index contributed by atoms with van der Waals surface area (Å²) < 4.78 is 4.89. The number of aromatic amines is 2. The van der Waals surface area contributed by atoms with Crippen molar-refractivity contribution < 1.29 is 19.2 Å². The number of nitrogens with two attached hydrogens (primary N) is 1. The van der Waals surface area contributed by atoms with E-state index in [2.05, 4.69) is 34.6 Å². The molecule has 0 saturated carbocycles. The van der Waals surface area contributed by atoms with E-state index in [9.17, 15) is 9.59 Å². The van der Waals surface area contributed by atoms with Gasteiger partial charge in [0.05, 0.1) is 48.7 Å². The number of rotatable bonds is 14. The van der Waals surface area contributed by atoms with Crippen molar-refractivity contribution in [2.24, 2.45) is 17.6 Å². The molecule has 0 bridgehead atoms. The van der Waals surface area contributed by atoms with Gasteiger partial charge in [-0.15, -0.1) is 0 Å². The Morgan fingerprint density at radius 1 is 0.964 bits per heavy atom. The zero-order chi connectivity index (χ0) is 38.8. The zero-order valence-electron chi connectivity index (χ0n) is 32.3. The summed E-state index contributed by atoms with van der Waals surface area (Å²) in [6.07, 6.45) is 9.08. The Balaban J connectivity index is 1.16. The standard InChI is InChI=1S/C40H51N11O4/c1-21(2)28(46-40(53)54-5)16-24(9-7-13-41)36-48-35-27-19-42-29(17-25(27)18-44-38(35)49-36)23-11-12-26-30(15-23)43-20-31-34(26)47-37(45-31)32-10-8-14-51(32)39(52)33(22(3)4)50-55-6/h11-12,15,17-22,24,28,32-33,50H,7-10,13-14,16,41H2,1-6H3,(H,45,47)(H,46,53)(H,44,48,49)/t24?,28-,32+,33+/m1/s1. The summed E-state index contributed by atoms with van der Waals surface area (Å²) in [7, 11) is 2.91. The second-order valence-electron chi connectivity index (χ2n) is 15.2. The Morgan fingerprint density at radius 2 is 1.80 bits per heavy atom. The van der Waals surface area contributed by atoms with Crippen LogP contribution in [0.5, 0.6) is 0 Å². The van der Waals surface area contributed by atoms with Gasteiger partial charge < -0.3 is 35.5 Å². The summed E-state index contributed by atoms with van der Waals surface area (Å²) in [5.41, 5.74) is 14.4. The third kappa shape index (κ3) is 7.68. The quantitative estimate of drug-likeness (QED) is 0.0814. The van der Waals surface area contributed by atoms with Crippen LogP contribution in [-0.4, -0.2) is 91.2 Å². The van der Waals surface area contributed by atoms with Gasteiger partial charge in [-0.05, 0) is 68.7 Å². The number of amides is 2. The van der Waals surface area contributed by atoms with Gasteiger partial charge in [0.1, 0.15) is 23.2 Å². The average molecular weight is 750 g/mol. The number of hydrogen-bond donors (Lipinski definition) is 5. The molecule has 4 atom stereocenters. The monoisotopic (exact) mass is 749 g/mol. The van der Waals surface area contributed by atoms with E-state index in [4.69, 9.17) is 40.2 Å². The smallest absolute Gasteiger partial charge is 0.407 e. The van der Waals surface area contributed by atoms with Crippen LogP contribution < -0.4 is 16.5 Å². The van der Waals surface area contributed by atoms with Crippen LogP contribution in [0.3, 0.4) is 0 Å². The summed E-state index contributed by atoms with van der Waals surface area (Å²) in [5.74, 6) is 1.88. The number of nitrogens with zero attached hydrogens (tertiary/aromatic N) is 6. The number of imidazole rings is 2. The molecule has 5 aromatic heterocycles. The predicted octanol–water partition coefficient (Wildman–Crippen LogP) is 6.03. The van der Waals surface area contributed by atoms with Gasteiger partial charge in [-0.3, -0.25) is 14.8 Å². The zero-order valence-corrected chi connectivity index (χ0v) is 32.3. The van der Waals surface area contributed by atoms with Crippen LogP contribution in [0.25, 0.3) is 55.1 Å². The van der Waals surface area contributed by atoms with Gasteiger partial charge in [0.25, 0.3) is 0 Å². The van der Waals surface area contributed by atoms with Crippen molar-refractivity contribution in [2.75, 3.05) is 27.3 Å². The summed E-state index contributed by atoms with van der Waals surface area (Å²) in [6.45, 7) is 9.40. The van der Waals surface area contributed by atoms with E-state index in [1.165, 1.54) is 14.2 Å². The van der Waals surface area contributed by atoms with Crippen LogP contribution in [0, 0.1) is 11.8 Å².